The van der Waals surface area contributed by atoms with E-state index in [2.05, 4.69) is 30.9 Å². The molecule has 0 aliphatic rings. The number of rotatable bonds is 4. The molecule has 0 spiro atoms. The lowest BCUT2D eigenvalue weighted by Gasteiger charge is -2.10. The van der Waals surface area contributed by atoms with Crippen LogP contribution in [0.2, 0.25) is 0 Å². The number of pyridine rings is 1. The van der Waals surface area contributed by atoms with Crippen LogP contribution in [0.1, 0.15) is 35.9 Å². The molecule has 9 heteroatoms. The number of aryl methyl sites for hydroxylation is 2. The van der Waals surface area contributed by atoms with Crippen molar-refractivity contribution in [1.29, 1.82) is 0 Å². The fourth-order valence-corrected chi connectivity index (χ4v) is 3.08. The number of hydrogen-bond acceptors (Lipinski definition) is 6. The molecule has 0 unspecified atom stereocenters. The molecule has 3 heterocycles. The van der Waals surface area contributed by atoms with Crippen LogP contribution in [0.4, 0.5) is 5.69 Å². The van der Waals surface area contributed by atoms with Gasteiger partial charge in [0, 0.05) is 29.7 Å². The molecule has 142 valence electrons. The lowest BCUT2D eigenvalue weighted by atomic mass is 10.1. The normalized spacial score (nSPS) is 11.3. The average Bonchev–Trinajstić information content (AvgIpc) is 3.27. The number of amides is 1. The van der Waals surface area contributed by atoms with Crippen LogP contribution in [0.15, 0.2) is 36.5 Å². The monoisotopic (exact) mass is 376 g/mol. The molecule has 0 atom stereocenters. The van der Waals surface area contributed by atoms with Crippen molar-refractivity contribution in [3.8, 4) is 11.4 Å². The zero-order valence-corrected chi connectivity index (χ0v) is 16.1. The molecule has 0 aliphatic heterocycles. The minimum atomic E-state index is -0.225. The summed E-state index contributed by atoms with van der Waals surface area (Å²) >= 11 is 0. The molecule has 1 N–H and O–H groups in total. The van der Waals surface area contributed by atoms with E-state index in [1.807, 2.05) is 55.8 Å². The number of anilines is 1. The molecule has 9 nitrogen and oxygen atoms in total. The maximum atomic E-state index is 12.9. The molecule has 0 fully saturated rings. The van der Waals surface area contributed by atoms with Crippen molar-refractivity contribution in [1.82, 2.24) is 35.0 Å². The van der Waals surface area contributed by atoms with Crippen LogP contribution >= 0.6 is 0 Å². The smallest absolute Gasteiger partial charge is 0.257 e. The number of hydrogen-bond donors (Lipinski definition) is 1. The predicted molar refractivity (Wildman–Crippen MR) is 105 cm³/mol. The van der Waals surface area contributed by atoms with Gasteiger partial charge in [-0.1, -0.05) is 12.1 Å². The van der Waals surface area contributed by atoms with Gasteiger partial charge in [-0.2, -0.15) is 5.10 Å². The molecule has 0 radical (unpaired) electrons. The van der Waals surface area contributed by atoms with Gasteiger partial charge in [-0.15, -0.1) is 5.10 Å². The number of nitrogens with one attached hydrogen (secondary N) is 1. The quantitative estimate of drug-likeness (QED) is 0.587. The molecule has 4 aromatic rings. The van der Waals surface area contributed by atoms with E-state index in [9.17, 15) is 4.79 Å². The summed E-state index contributed by atoms with van der Waals surface area (Å²) in [7, 11) is 1.77. The number of fused-ring (bicyclic) bond motifs is 1. The van der Waals surface area contributed by atoms with Crippen molar-refractivity contribution in [2.24, 2.45) is 7.05 Å². The fourth-order valence-electron chi connectivity index (χ4n) is 3.08. The number of carbonyl (C=O) groups excluding carboxylic acids is 1. The van der Waals surface area contributed by atoms with Crippen molar-refractivity contribution in [2.75, 3.05) is 5.32 Å². The van der Waals surface area contributed by atoms with E-state index < -0.39 is 0 Å². The Hall–Kier alpha value is -3.62. The lowest BCUT2D eigenvalue weighted by Crippen LogP contribution is -2.14. The molecule has 0 saturated heterocycles. The van der Waals surface area contributed by atoms with E-state index in [0.717, 1.165) is 16.6 Å². The molecule has 28 heavy (non-hydrogen) atoms. The minimum absolute atomic E-state index is 0.196. The van der Waals surface area contributed by atoms with Gasteiger partial charge in [0.2, 0.25) is 0 Å². The molecule has 1 aromatic carbocycles. The Morgan fingerprint density at radius 3 is 2.75 bits per heavy atom. The summed E-state index contributed by atoms with van der Waals surface area (Å²) in [6, 6.07) is 9.42. The Kier molecular flexibility index (Phi) is 4.34. The van der Waals surface area contributed by atoms with Crippen molar-refractivity contribution in [2.45, 2.75) is 26.8 Å². The first-order valence-electron chi connectivity index (χ1n) is 8.93. The molecule has 0 bridgehead atoms. The molecule has 3 aromatic heterocycles. The number of carbonyl (C=O) groups is 1. The van der Waals surface area contributed by atoms with Gasteiger partial charge in [0.15, 0.2) is 11.5 Å². The first-order chi connectivity index (χ1) is 13.4. The minimum Gasteiger partial charge on any atom is -0.322 e. The Bertz CT molecular complexity index is 1170. The molecular weight excluding hydrogens is 356 g/mol. The Morgan fingerprint density at radius 1 is 1.21 bits per heavy atom. The molecule has 4 rings (SSSR count). The maximum absolute atomic E-state index is 12.9. The van der Waals surface area contributed by atoms with Gasteiger partial charge in [0.1, 0.15) is 0 Å². The maximum Gasteiger partial charge on any atom is 0.257 e. The van der Waals surface area contributed by atoms with Gasteiger partial charge >= 0.3 is 0 Å². The second-order valence-electron chi connectivity index (χ2n) is 6.88. The van der Waals surface area contributed by atoms with Crippen molar-refractivity contribution in [3.05, 3.63) is 47.8 Å². The third-order valence-corrected chi connectivity index (χ3v) is 4.49. The van der Waals surface area contributed by atoms with Crippen LogP contribution < -0.4 is 5.32 Å². The van der Waals surface area contributed by atoms with E-state index >= 15 is 0 Å². The Morgan fingerprint density at radius 2 is 2.04 bits per heavy atom. The zero-order chi connectivity index (χ0) is 19.8. The van der Waals surface area contributed by atoms with Crippen LogP contribution in [0, 0.1) is 6.92 Å². The van der Waals surface area contributed by atoms with Gasteiger partial charge in [0.05, 0.1) is 17.5 Å². The molecular formula is C19H20N8O. The van der Waals surface area contributed by atoms with Gasteiger partial charge < -0.3 is 5.32 Å². The third kappa shape index (κ3) is 3.11. The summed E-state index contributed by atoms with van der Waals surface area (Å²) in [5, 5.41) is 19.6. The number of aromatic nitrogens is 7. The molecule has 0 saturated carbocycles. The van der Waals surface area contributed by atoms with Crippen molar-refractivity contribution >= 4 is 22.6 Å². The van der Waals surface area contributed by atoms with Crippen LogP contribution in [-0.2, 0) is 7.05 Å². The van der Waals surface area contributed by atoms with Crippen LogP contribution in [0.3, 0.4) is 0 Å². The fraction of sp³-hybridized carbons (Fsp3) is 0.263. The summed E-state index contributed by atoms with van der Waals surface area (Å²) in [5.41, 5.74) is 3.42. The van der Waals surface area contributed by atoms with Gasteiger partial charge in [-0.25, -0.2) is 14.3 Å². The van der Waals surface area contributed by atoms with Crippen LogP contribution in [0.5, 0.6) is 0 Å². The summed E-state index contributed by atoms with van der Waals surface area (Å²) in [6.07, 6.45) is 1.74. The highest BCUT2D eigenvalue weighted by molar-refractivity contribution is 6.06. The topological polar surface area (TPSA) is 103 Å². The molecule has 0 aliphatic carbocycles. The van der Waals surface area contributed by atoms with Crippen molar-refractivity contribution < 1.29 is 4.79 Å². The number of tetrazole rings is 1. The van der Waals surface area contributed by atoms with Crippen LogP contribution in [-0.4, -0.2) is 40.9 Å². The van der Waals surface area contributed by atoms with Gasteiger partial charge in [0.25, 0.3) is 5.91 Å². The highest BCUT2D eigenvalue weighted by Gasteiger charge is 2.16. The van der Waals surface area contributed by atoms with E-state index in [-0.39, 0.29) is 11.9 Å². The second kappa shape index (κ2) is 6.84. The Labute approximate surface area is 161 Å². The first kappa shape index (κ1) is 17.8. The number of benzene rings is 1. The largest absolute Gasteiger partial charge is 0.322 e. The number of nitrogens with zero attached hydrogens (tertiary/aromatic N) is 7. The summed E-state index contributed by atoms with van der Waals surface area (Å²) in [6.45, 7) is 5.92. The van der Waals surface area contributed by atoms with E-state index in [1.165, 1.54) is 0 Å². The highest BCUT2D eigenvalue weighted by atomic mass is 16.1. The SMILES string of the molecule is Cc1nc2c(cnn2C(C)C)cc1C(=O)Nc1cccc(-c2nnnn2C)c1. The lowest BCUT2D eigenvalue weighted by molar-refractivity contribution is 0.102. The van der Waals surface area contributed by atoms with Gasteiger partial charge in [-0.3, -0.25) is 4.79 Å². The van der Waals surface area contributed by atoms with E-state index in [0.29, 0.717) is 22.8 Å². The first-order valence-corrected chi connectivity index (χ1v) is 8.93. The Balaban J connectivity index is 1.64. The zero-order valence-electron chi connectivity index (χ0n) is 16.1. The third-order valence-electron chi connectivity index (χ3n) is 4.49. The van der Waals surface area contributed by atoms with Gasteiger partial charge in [-0.05, 0) is 49.4 Å². The van der Waals surface area contributed by atoms with E-state index in [4.69, 9.17) is 0 Å². The molecule has 1 amide bonds. The van der Waals surface area contributed by atoms with Crippen molar-refractivity contribution in [3.63, 3.8) is 0 Å². The van der Waals surface area contributed by atoms with Crippen LogP contribution in [0.25, 0.3) is 22.4 Å². The average molecular weight is 376 g/mol. The predicted octanol–water partition coefficient (Wildman–Crippen LogP) is 2.76. The summed E-state index contributed by atoms with van der Waals surface area (Å²) in [4.78, 5) is 17.5. The van der Waals surface area contributed by atoms with E-state index in [1.54, 1.807) is 17.9 Å². The summed E-state index contributed by atoms with van der Waals surface area (Å²) < 4.78 is 3.43. The second-order valence-corrected chi connectivity index (χ2v) is 6.88. The summed E-state index contributed by atoms with van der Waals surface area (Å²) in [5.74, 6) is 0.397. The standard InChI is InChI=1S/C19H20N8O/c1-11(2)27-17-14(10-20-27)9-16(12(3)21-17)19(28)22-15-7-5-6-13(8-15)18-23-24-25-26(18)4/h5-11H,1-4H3,(H,22,28). The highest BCUT2D eigenvalue weighted by Crippen LogP contribution is 2.22.